The molecule has 0 saturated heterocycles. The molecule has 19 heavy (non-hydrogen) atoms. The van der Waals surface area contributed by atoms with Crippen LogP contribution in [-0.2, 0) is 4.74 Å². The third-order valence-electron chi connectivity index (χ3n) is 2.47. The number of methoxy groups -OCH3 is 1. The lowest BCUT2D eigenvalue weighted by atomic mass is 10.0. The first-order valence-corrected chi connectivity index (χ1v) is 6.04. The number of ether oxygens (including phenoxy) is 1. The highest BCUT2D eigenvalue weighted by atomic mass is 16.5. The summed E-state index contributed by atoms with van der Waals surface area (Å²) in [6.45, 7) is 7.61. The van der Waals surface area contributed by atoms with Crippen LogP contribution in [-0.4, -0.2) is 12.3 Å². The van der Waals surface area contributed by atoms with Crippen molar-refractivity contribution in [1.29, 1.82) is 0 Å². The van der Waals surface area contributed by atoms with Gasteiger partial charge in [0.05, 0.1) is 13.4 Å². The molecule has 0 unspecified atom stereocenters. The standard InChI is InChI=1S/C16H19NO2/c1-5-8-10-14(11-18-4)16-15(12-19-17-16)13(7-3)9-6-2/h5-12H,1H2,2-4H3/b9-6-,10-8-,13-7+,14-11+. The van der Waals surface area contributed by atoms with E-state index in [1.54, 1.807) is 25.7 Å². The maximum Gasteiger partial charge on any atom is 0.132 e. The van der Waals surface area contributed by atoms with Gasteiger partial charge in [0.1, 0.15) is 12.0 Å². The molecule has 0 spiro atoms. The van der Waals surface area contributed by atoms with Crippen molar-refractivity contribution in [2.24, 2.45) is 0 Å². The zero-order valence-electron chi connectivity index (χ0n) is 11.6. The van der Waals surface area contributed by atoms with Crippen molar-refractivity contribution >= 4 is 11.1 Å². The van der Waals surface area contributed by atoms with E-state index in [9.17, 15) is 0 Å². The van der Waals surface area contributed by atoms with Crippen molar-refractivity contribution in [3.05, 3.63) is 66.8 Å². The number of aromatic nitrogens is 1. The van der Waals surface area contributed by atoms with Crippen LogP contribution in [0.5, 0.6) is 0 Å². The van der Waals surface area contributed by atoms with Crippen LogP contribution in [0.4, 0.5) is 0 Å². The van der Waals surface area contributed by atoms with Gasteiger partial charge < -0.3 is 9.26 Å². The molecule has 3 nitrogen and oxygen atoms in total. The van der Waals surface area contributed by atoms with Gasteiger partial charge in [-0.25, -0.2) is 0 Å². The summed E-state index contributed by atoms with van der Waals surface area (Å²) in [6.07, 6.45) is 14.7. The number of hydrogen-bond donors (Lipinski definition) is 0. The van der Waals surface area contributed by atoms with Crippen molar-refractivity contribution in [2.45, 2.75) is 13.8 Å². The zero-order valence-corrected chi connectivity index (χ0v) is 11.6. The lowest BCUT2D eigenvalue weighted by Gasteiger charge is -2.03. The maximum absolute atomic E-state index is 5.10. The summed E-state index contributed by atoms with van der Waals surface area (Å²) in [5.74, 6) is 0. The molecule has 0 aliphatic heterocycles. The van der Waals surface area contributed by atoms with Gasteiger partial charge in [0.25, 0.3) is 0 Å². The number of allylic oxidation sites excluding steroid dienone is 8. The van der Waals surface area contributed by atoms with Crippen LogP contribution in [0, 0.1) is 0 Å². The summed E-state index contributed by atoms with van der Waals surface area (Å²) in [4.78, 5) is 0. The highest BCUT2D eigenvalue weighted by Crippen LogP contribution is 2.26. The zero-order chi connectivity index (χ0) is 14.1. The highest BCUT2D eigenvalue weighted by Gasteiger charge is 2.13. The largest absolute Gasteiger partial charge is 0.504 e. The molecule has 0 aliphatic rings. The third kappa shape index (κ3) is 3.85. The van der Waals surface area contributed by atoms with E-state index in [2.05, 4.69) is 11.7 Å². The predicted octanol–water partition coefficient (Wildman–Crippen LogP) is 4.38. The minimum atomic E-state index is 0.742. The molecule has 0 bridgehead atoms. The van der Waals surface area contributed by atoms with Crippen LogP contribution in [0.15, 0.2) is 60.1 Å². The van der Waals surface area contributed by atoms with Crippen molar-refractivity contribution in [1.82, 2.24) is 5.16 Å². The Morgan fingerprint density at radius 1 is 1.32 bits per heavy atom. The normalized spacial score (nSPS) is 13.4. The Bertz CT molecular complexity index is 531. The van der Waals surface area contributed by atoms with Gasteiger partial charge in [-0.05, 0) is 25.5 Å². The summed E-state index contributed by atoms with van der Waals surface area (Å²) in [5.41, 5.74) is 3.55. The van der Waals surface area contributed by atoms with E-state index < -0.39 is 0 Å². The molecular formula is C16H19NO2. The molecule has 1 aromatic rings. The van der Waals surface area contributed by atoms with E-state index in [0.29, 0.717) is 0 Å². The average molecular weight is 257 g/mol. The number of rotatable bonds is 6. The fourth-order valence-corrected chi connectivity index (χ4v) is 1.64. The molecule has 0 N–H and O–H groups in total. The van der Waals surface area contributed by atoms with E-state index in [4.69, 9.17) is 9.26 Å². The third-order valence-corrected chi connectivity index (χ3v) is 2.47. The van der Waals surface area contributed by atoms with Gasteiger partial charge in [-0.1, -0.05) is 42.1 Å². The van der Waals surface area contributed by atoms with Crippen molar-refractivity contribution in [3.8, 4) is 0 Å². The molecule has 100 valence electrons. The molecule has 0 atom stereocenters. The van der Waals surface area contributed by atoms with Gasteiger partial charge in [0.2, 0.25) is 0 Å². The Kier molecular flexibility index (Phi) is 6.16. The SMILES string of the molecule is C=C/C=C\C(=C/OC)c1nocc1C(/C=C\C)=C/C. The van der Waals surface area contributed by atoms with E-state index in [1.807, 2.05) is 44.2 Å². The minimum Gasteiger partial charge on any atom is -0.504 e. The minimum absolute atomic E-state index is 0.742. The molecule has 0 radical (unpaired) electrons. The smallest absolute Gasteiger partial charge is 0.132 e. The summed E-state index contributed by atoms with van der Waals surface area (Å²) < 4.78 is 10.2. The van der Waals surface area contributed by atoms with Gasteiger partial charge >= 0.3 is 0 Å². The van der Waals surface area contributed by atoms with Crippen LogP contribution in [0.2, 0.25) is 0 Å². The van der Waals surface area contributed by atoms with Crippen LogP contribution in [0.1, 0.15) is 25.1 Å². The highest BCUT2D eigenvalue weighted by molar-refractivity contribution is 5.84. The van der Waals surface area contributed by atoms with E-state index in [-0.39, 0.29) is 0 Å². The fourth-order valence-electron chi connectivity index (χ4n) is 1.64. The molecule has 0 aromatic carbocycles. The van der Waals surface area contributed by atoms with Crippen LogP contribution < -0.4 is 0 Å². The number of hydrogen-bond acceptors (Lipinski definition) is 3. The second-order valence-electron chi connectivity index (χ2n) is 3.72. The summed E-state index contributed by atoms with van der Waals surface area (Å²) >= 11 is 0. The topological polar surface area (TPSA) is 35.3 Å². The van der Waals surface area contributed by atoms with Gasteiger partial charge in [0.15, 0.2) is 0 Å². The number of nitrogens with zero attached hydrogens (tertiary/aromatic N) is 1. The first-order valence-electron chi connectivity index (χ1n) is 6.04. The quantitative estimate of drug-likeness (QED) is 0.560. The predicted molar refractivity (Wildman–Crippen MR) is 79.3 cm³/mol. The summed E-state index contributed by atoms with van der Waals surface area (Å²) in [7, 11) is 1.60. The molecule has 0 aliphatic carbocycles. The Labute approximate surface area is 114 Å². The molecule has 0 saturated carbocycles. The summed E-state index contributed by atoms with van der Waals surface area (Å²) in [6, 6.07) is 0. The van der Waals surface area contributed by atoms with Gasteiger partial charge in [0, 0.05) is 11.1 Å². The van der Waals surface area contributed by atoms with E-state index in [0.717, 1.165) is 22.4 Å². The first kappa shape index (κ1) is 14.8. The van der Waals surface area contributed by atoms with E-state index >= 15 is 0 Å². The maximum atomic E-state index is 5.10. The van der Waals surface area contributed by atoms with Crippen LogP contribution >= 0.6 is 0 Å². The molecular weight excluding hydrogens is 238 g/mol. The lowest BCUT2D eigenvalue weighted by Crippen LogP contribution is -1.89. The Balaban J connectivity index is 3.27. The van der Waals surface area contributed by atoms with Crippen molar-refractivity contribution in [3.63, 3.8) is 0 Å². The Morgan fingerprint density at radius 2 is 2.11 bits per heavy atom. The van der Waals surface area contributed by atoms with Gasteiger partial charge in [-0.15, -0.1) is 0 Å². The Morgan fingerprint density at radius 3 is 2.68 bits per heavy atom. The fraction of sp³-hybridized carbons (Fsp3) is 0.188. The Hall–Kier alpha value is -2.29. The van der Waals surface area contributed by atoms with E-state index in [1.165, 1.54) is 0 Å². The van der Waals surface area contributed by atoms with Crippen LogP contribution in [0.25, 0.3) is 11.1 Å². The first-order chi connectivity index (χ1) is 9.28. The van der Waals surface area contributed by atoms with Crippen molar-refractivity contribution < 1.29 is 9.26 Å². The monoisotopic (exact) mass is 257 g/mol. The molecule has 1 rings (SSSR count). The second kappa shape index (κ2) is 7.93. The summed E-state index contributed by atoms with van der Waals surface area (Å²) in [5, 5.41) is 4.06. The van der Waals surface area contributed by atoms with Gasteiger partial charge in [-0.3, -0.25) is 0 Å². The van der Waals surface area contributed by atoms with Gasteiger partial charge in [-0.2, -0.15) is 0 Å². The molecule has 1 aromatic heterocycles. The van der Waals surface area contributed by atoms with Crippen molar-refractivity contribution in [2.75, 3.05) is 7.11 Å². The van der Waals surface area contributed by atoms with Crippen LogP contribution in [0.3, 0.4) is 0 Å². The molecule has 0 fully saturated rings. The average Bonchev–Trinajstić information content (AvgIpc) is 2.89. The lowest BCUT2D eigenvalue weighted by molar-refractivity contribution is 0.339. The molecule has 3 heteroatoms. The molecule has 0 amide bonds. The second-order valence-corrected chi connectivity index (χ2v) is 3.72. The molecule has 1 heterocycles.